The van der Waals surface area contributed by atoms with Crippen LogP contribution in [0.5, 0.6) is 5.75 Å². The predicted molar refractivity (Wildman–Crippen MR) is 66.1 cm³/mol. The standard InChI is InChI=1S/C13H18F3NO2/c1-7-6-11(19-4)8(2)5-10(7)12(18,9(3)17)13(14,15)16/h5-6,9,18H,17H2,1-4H3. The maximum Gasteiger partial charge on any atom is 0.422 e. The number of methoxy groups -OCH3 is 1. The molecule has 1 aromatic carbocycles. The molecule has 0 amide bonds. The molecule has 0 bridgehead atoms. The third-order valence-electron chi connectivity index (χ3n) is 3.24. The van der Waals surface area contributed by atoms with Gasteiger partial charge in [0, 0.05) is 6.04 Å². The first-order chi connectivity index (χ1) is 8.55. The Kier molecular flexibility index (Phi) is 4.17. The molecule has 0 radical (unpaired) electrons. The summed E-state index contributed by atoms with van der Waals surface area (Å²) in [5, 5.41) is 10.1. The number of alkyl halides is 3. The van der Waals surface area contributed by atoms with Crippen molar-refractivity contribution in [1.82, 2.24) is 0 Å². The molecule has 0 heterocycles. The molecule has 0 aliphatic carbocycles. The summed E-state index contributed by atoms with van der Waals surface area (Å²) in [7, 11) is 1.43. The number of hydrogen-bond donors (Lipinski definition) is 2. The second-order valence-corrected chi connectivity index (χ2v) is 4.69. The Morgan fingerprint density at radius 1 is 1.21 bits per heavy atom. The van der Waals surface area contributed by atoms with Gasteiger partial charge in [-0.25, -0.2) is 0 Å². The lowest BCUT2D eigenvalue weighted by atomic mass is 9.83. The van der Waals surface area contributed by atoms with Crippen LogP contribution in [0.25, 0.3) is 0 Å². The molecule has 19 heavy (non-hydrogen) atoms. The molecule has 1 aromatic rings. The van der Waals surface area contributed by atoms with Gasteiger partial charge < -0.3 is 15.6 Å². The molecule has 108 valence electrons. The van der Waals surface area contributed by atoms with Crippen molar-refractivity contribution >= 4 is 0 Å². The summed E-state index contributed by atoms with van der Waals surface area (Å²) >= 11 is 0. The molecule has 1 rings (SSSR count). The Labute approximate surface area is 110 Å². The molecule has 0 aliphatic rings. The SMILES string of the molecule is COc1cc(C)c(C(O)(C(C)N)C(F)(F)F)cc1C. The molecule has 2 unspecified atom stereocenters. The van der Waals surface area contributed by atoms with E-state index in [9.17, 15) is 18.3 Å². The highest BCUT2D eigenvalue weighted by Crippen LogP contribution is 2.43. The van der Waals surface area contributed by atoms with E-state index in [2.05, 4.69) is 0 Å². The first-order valence-corrected chi connectivity index (χ1v) is 5.76. The van der Waals surface area contributed by atoms with Gasteiger partial charge in [-0.2, -0.15) is 13.2 Å². The summed E-state index contributed by atoms with van der Waals surface area (Å²) in [6.45, 7) is 4.22. The third kappa shape index (κ3) is 2.55. The normalized spacial score (nSPS) is 16.9. The lowest BCUT2D eigenvalue weighted by Gasteiger charge is -2.35. The van der Waals surface area contributed by atoms with Gasteiger partial charge in [0.05, 0.1) is 7.11 Å². The zero-order chi connectivity index (χ0) is 15.0. The Morgan fingerprint density at radius 2 is 1.74 bits per heavy atom. The second kappa shape index (κ2) is 5.02. The Balaban J connectivity index is 3.54. The predicted octanol–water partition coefficient (Wildman–Crippen LogP) is 2.41. The molecule has 6 heteroatoms. The van der Waals surface area contributed by atoms with Gasteiger partial charge in [0.2, 0.25) is 5.60 Å². The van der Waals surface area contributed by atoms with Gasteiger partial charge >= 0.3 is 6.18 Å². The van der Waals surface area contributed by atoms with Crippen LogP contribution < -0.4 is 10.5 Å². The quantitative estimate of drug-likeness (QED) is 0.892. The van der Waals surface area contributed by atoms with Crippen LogP contribution in [-0.2, 0) is 5.60 Å². The second-order valence-electron chi connectivity index (χ2n) is 4.69. The average molecular weight is 277 g/mol. The van der Waals surface area contributed by atoms with Gasteiger partial charge in [0.1, 0.15) is 5.75 Å². The molecule has 3 nitrogen and oxygen atoms in total. The average Bonchev–Trinajstić information content (AvgIpc) is 2.28. The van der Waals surface area contributed by atoms with Gasteiger partial charge in [0.25, 0.3) is 0 Å². The zero-order valence-electron chi connectivity index (χ0n) is 11.3. The molecule has 3 N–H and O–H groups in total. The summed E-state index contributed by atoms with van der Waals surface area (Å²) in [4.78, 5) is 0. The number of ether oxygens (including phenoxy) is 1. The van der Waals surface area contributed by atoms with E-state index in [0.29, 0.717) is 11.3 Å². The number of halogens is 3. The minimum atomic E-state index is -4.85. The maximum absolute atomic E-state index is 13.2. The van der Waals surface area contributed by atoms with Crippen LogP contribution in [0.1, 0.15) is 23.6 Å². The molecule has 2 atom stereocenters. The molecular weight excluding hydrogens is 259 g/mol. The number of rotatable bonds is 3. The minimum Gasteiger partial charge on any atom is -0.496 e. The largest absolute Gasteiger partial charge is 0.496 e. The molecular formula is C13H18F3NO2. The fourth-order valence-electron chi connectivity index (χ4n) is 2.08. The van der Waals surface area contributed by atoms with Crippen LogP contribution in [0.2, 0.25) is 0 Å². The number of nitrogens with two attached hydrogens (primary N) is 1. The van der Waals surface area contributed by atoms with Gasteiger partial charge in [-0.1, -0.05) is 0 Å². The van der Waals surface area contributed by atoms with Crippen LogP contribution in [0.4, 0.5) is 13.2 Å². The summed E-state index contributed by atoms with van der Waals surface area (Å²) in [5.74, 6) is 0.468. The van der Waals surface area contributed by atoms with Gasteiger partial charge in [-0.15, -0.1) is 0 Å². The minimum absolute atomic E-state index is 0.242. The van der Waals surface area contributed by atoms with Crippen molar-refractivity contribution in [3.63, 3.8) is 0 Å². The topological polar surface area (TPSA) is 55.5 Å². The Morgan fingerprint density at radius 3 is 2.11 bits per heavy atom. The van der Waals surface area contributed by atoms with E-state index < -0.39 is 17.8 Å². The van der Waals surface area contributed by atoms with E-state index in [1.165, 1.54) is 26.2 Å². The lowest BCUT2D eigenvalue weighted by Crippen LogP contribution is -2.54. The van der Waals surface area contributed by atoms with Crippen molar-refractivity contribution in [3.8, 4) is 5.75 Å². The summed E-state index contributed by atoms with van der Waals surface area (Å²) < 4.78 is 44.6. The van der Waals surface area contributed by atoms with E-state index in [4.69, 9.17) is 10.5 Å². The smallest absolute Gasteiger partial charge is 0.422 e. The van der Waals surface area contributed by atoms with Crippen LogP contribution in [0, 0.1) is 13.8 Å². The number of aryl methyl sites for hydroxylation is 2. The molecule has 0 spiro atoms. The van der Waals surface area contributed by atoms with E-state index >= 15 is 0 Å². The van der Waals surface area contributed by atoms with Crippen LogP contribution in [0.3, 0.4) is 0 Å². The van der Waals surface area contributed by atoms with Crippen molar-refractivity contribution in [3.05, 3.63) is 28.8 Å². The fraction of sp³-hybridized carbons (Fsp3) is 0.538. The number of benzene rings is 1. The van der Waals surface area contributed by atoms with Crippen molar-refractivity contribution < 1.29 is 23.0 Å². The highest BCUT2D eigenvalue weighted by Gasteiger charge is 2.58. The van der Waals surface area contributed by atoms with E-state index in [1.807, 2.05) is 0 Å². The first-order valence-electron chi connectivity index (χ1n) is 5.76. The summed E-state index contributed by atoms with van der Waals surface area (Å²) in [5.41, 5.74) is 2.84. The van der Waals surface area contributed by atoms with E-state index in [1.54, 1.807) is 6.92 Å². The monoisotopic (exact) mass is 277 g/mol. The molecule has 0 aromatic heterocycles. The molecule has 0 saturated carbocycles. The maximum atomic E-state index is 13.2. The third-order valence-corrected chi connectivity index (χ3v) is 3.24. The number of aliphatic hydroxyl groups is 1. The van der Waals surface area contributed by atoms with E-state index in [-0.39, 0.29) is 11.1 Å². The Bertz CT molecular complexity index is 472. The van der Waals surface area contributed by atoms with Crippen LogP contribution >= 0.6 is 0 Å². The summed E-state index contributed by atoms with van der Waals surface area (Å²) in [6.07, 6.45) is -4.85. The summed E-state index contributed by atoms with van der Waals surface area (Å²) in [6, 6.07) is 1.24. The number of hydrogen-bond acceptors (Lipinski definition) is 3. The van der Waals surface area contributed by atoms with Crippen LogP contribution in [0.15, 0.2) is 12.1 Å². The van der Waals surface area contributed by atoms with Gasteiger partial charge in [-0.05, 0) is 49.6 Å². The lowest BCUT2D eigenvalue weighted by molar-refractivity contribution is -0.273. The first kappa shape index (κ1) is 15.8. The fourth-order valence-corrected chi connectivity index (χ4v) is 2.08. The van der Waals surface area contributed by atoms with Crippen molar-refractivity contribution in [2.24, 2.45) is 5.73 Å². The zero-order valence-corrected chi connectivity index (χ0v) is 11.3. The van der Waals surface area contributed by atoms with Crippen molar-refractivity contribution in [2.75, 3.05) is 7.11 Å². The highest BCUT2D eigenvalue weighted by molar-refractivity contribution is 5.45. The molecule has 0 saturated heterocycles. The molecule has 0 aliphatic heterocycles. The van der Waals surface area contributed by atoms with E-state index in [0.717, 1.165) is 6.92 Å². The molecule has 0 fully saturated rings. The van der Waals surface area contributed by atoms with Gasteiger partial charge in [0.15, 0.2) is 0 Å². The highest BCUT2D eigenvalue weighted by atomic mass is 19.4. The van der Waals surface area contributed by atoms with Crippen LogP contribution in [-0.4, -0.2) is 24.4 Å². The van der Waals surface area contributed by atoms with Crippen molar-refractivity contribution in [2.45, 2.75) is 38.6 Å². The van der Waals surface area contributed by atoms with Gasteiger partial charge in [-0.3, -0.25) is 0 Å². The van der Waals surface area contributed by atoms with Crippen molar-refractivity contribution in [1.29, 1.82) is 0 Å². The Hall–Kier alpha value is -1.27.